The molecule has 0 unspecified atom stereocenters. The van der Waals surface area contributed by atoms with Gasteiger partial charge in [0, 0.05) is 24.9 Å². The molecule has 0 radical (unpaired) electrons. The lowest BCUT2D eigenvalue weighted by Crippen LogP contribution is -2.08. The second-order valence-electron chi connectivity index (χ2n) is 2.66. The van der Waals surface area contributed by atoms with Crippen LogP contribution in [0.3, 0.4) is 0 Å². The van der Waals surface area contributed by atoms with Gasteiger partial charge in [0.1, 0.15) is 5.82 Å². The van der Waals surface area contributed by atoms with Gasteiger partial charge in [-0.25, -0.2) is 4.98 Å². The fourth-order valence-corrected chi connectivity index (χ4v) is 1.39. The number of imidazole rings is 1. The van der Waals surface area contributed by atoms with Crippen LogP contribution in [0.4, 0.5) is 0 Å². The lowest BCUT2D eigenvalue weighted by Gasteiger charge is -2.01. The van der Waals surface area contributed by atoms with E-state index in [1.807, 2.05) is 12.4 Å². The van der Waals surface area contributed by atoms with E-state index in [1.165, 1.54) is 6.42 Å². The first-order chi connectivity index (χ1) is 4.97. The van der Waals surface area contributed by atoms with Crippen LogP contribution in [0.5, 0.6) is 0 Å². The van der Waals surface area contributed by atoms with Gasteiger partial charge in [-0.2, -0.15) is 0 Å². The molecule has 0 aromatic carbocycles. The van der Waals surface area contributed by atoms with E-state index >= 15 is 0 Å². The molecule has 2 heterocycles. The van der Waals surface area contributed by atoms with E-state index < -0.39 is 0 Å². The normalized spacial score (nSPS) is 25.4. The van der Waals surface area contributed by atoms with Crippen molar-refractivity contribution >= 4 is 0 Å². The summed E-state index contributed by atoms with van der Waals surface area (Å²) in [7, 11) is 0. The van der Waals surface area contributed by atoms with Crippen molar-refractivity contribution in [2.45, 2.75) is 12.3 Å². The van der Waals surface area contributed by atoms with Crippen molar-refractivity contribution in [2.75, 3.05) is 13.1 Å². The molecule has 0 bridgehead atoms. The standard InChI is InChI=1S/C7H11N3/c1-2-8-5-6(1)7-9-3-4-10-7/h3-4,6,8H,1-2,5H2,(H,9,10)/t6-/m0/s1. The Kier molecular flexibility index (Phi) is 1.43. The highest BCUT2D eigenvalue weighted by Gasteiger charge is 2.17. The van der Waals surface area contributed by atoms with Gasteiger partial charge in [0.05, 0.1) is 0 Å². The van der Waals surface area contributed by atoms with E-state index in [0.29, 0.717) is 5.92 Å². The van der Waals surface area contributed by atoms with Crippen LogP contribution in [-0.4, -0.2) is 23.1 Å². The van der Waals surface area contributed by atoms with Gasteiger partial charge in [-0.1, -0.05) is 0 Å². The van der Waals surface area contributed by atoms with Crippen LogP contribution in [0.1, 0.15) is 18.2 Å². The lowest BCUT2D eigenvalue weighted by atomic mass is 10.1. The highest BCUT2D eigenvalue weighted by Crippen LogP contribution is 2.17. The average molecular weight is 137 g/mol. The van der Waals surface area contributed by atoms with E-state index in [0.717, 1.165) is 18.9 Å². The number of aromatic nitrogens is 2. The quantitative estimate of drug-likeness (QED) is 0.591. The Labute approximate surface area is 59.9 Å². The Bertz CT molecular complexity index is 187. The summed E-state index contributed by atoms with van der Waals surface area (Å²) in [6.07, 6.45) is 4.91. The molecule has 3 nitrogen and oxygen atoms in total. The molecule has 1 aliphatic heterocycles. The molecule has 0 aliphatic carbocycles. The number of aromatic amines is 1. The van der Waals surface area contributed by atoms with Gasteiger partial charge in [-0.15, -0.1) is 0 Å². The summed E-state index contributed by atoms with van der Waals surface area (Å²) in [6.45, 7) is 2.21. The van der Waals surface area contributed by atoms with Gasteiger partial charge < -0.3 is 10.3 Å². The Morgan fingerprint density at radius 1 is 1.60 bits per heavy atom. The second kappa shape index (κ2) is 2.42. The summed E-state index contributed by atoms with van der Waals surface area (Å²) in [4.78, 5) is 7.33. The van der Waals surface area contributed by atoms with E-state index in [4.69, 9.17) is 0 Å². The molecule has 1 fully saturated rings. The Balaban J connectivity index is 2.12. The van der Waals surface area contributed by atoms with Crippen molar-refractivity contribution in [3.63, 3.8) is 0 Å². The smallest absolute Gasteiger partial charge is 0.110 e. The maximum atomic E-state index is 4.20. The molecular weight excluding hydrogens is 126 g/mol. The van der Waals surface area contributed by atoms with Crippen LogP contribution in [-0.2, 0) is 0 Å². The fourth-order valence-electron chi connectivity index (χ4n) is 1.39. The van der Waals surface area contributed by atoms with E-state index in [2.05, 4.69) is 15.3 Å². The highest BCUT2D eigenvalue weighted by molar-refractivity contribution is 5.00. The van der Waals surface area contributed by atoms with Crippen molar-refractivity contribution in [1.29, 1.82) is 0 Å². The minimum atomic E-state index is 0.620. The number of nitrogens with zero attached hydrogens (tertiary/aromatic N) is 1. The molecule has 1 saturated heterocycles. The Morgan fingerprint density at radius 3 is 3.20 bits per heavy atom. The monoisotopic (exact) mass is 137 g/mol. The lowest BCUT2D eigenvalue weighted by molar-refractivity contribution is 0.714. The molecule has 2 rings (SSSR count). The zero-order chi connectivity index (χ0) is 6.81. The first-order valence-electron chi connectivity index (χ1n) is 3.67. The fraction of sp³-hybridized carbons (Fsp3) is 0.571. The van der Waals surface area contributed by atoms with Crippen LogP contribution in [0, 0.1) is 0 Å². The van der Waals surface area contributed by atoms with E-state index in [9.17, 15) is 0 Å². The molecule has 3 heteroatoms. The maximum Gasteiger partial charge on any atom is 0.110 e. The number of hydrogen-bond donors (Lipinski definition) is 2. The minimum absolute atomic E-state index is 0.620. The molecule has 1 atom stereocenters. The Morgan fingerprint density at radius 2 is 2.60 bits per heavy atom. The van der Waals surface area contributed by atoms with Crippen molar-refractivity contribution in [2.24, 2.45) is 0 Å². The maximum absolute atomic E-state index is 4.20. The van der Waals surface area contributed by atoms with Gasteiger partial charge in [0.15, 0.2) is 0 Å². The molecule has 0 amide bonds. The molecule has 54 valence electrons. The summed E-state index contributed by atoms with van der Waals surface area (Å²) >= 11 is 0. The van der Waals surface area contributed by atoms with Gasteiger partial charge in [0.25, 0.3) is 0 Å². The van der Waals surface area contributed by atoms with Gasteiger partial charge in [0.2, 0.25) is 0 Å². The SMILES string of the molecule is c1c[nH]c([C@H]2CCNC2)n1. The molecular formula is C7H11N3. The van der Waals surface area contributed by atoms with E-state index in [1.54, 1.807) is 0 Å². The molecule has 1 aromatic rings. The van der Waals surface area contributed by atoms with Crippen LogP contribution >= 0.6 is 0 Å². The summed E-state index contributed by atoms with van der Waals surface area (Å²) in [5, 5.41) is 3.30. The number of nitrogens with one attached hydrogen (secondary N) is 2. The number of hydrogen-bond acceptors (Lipinski definition) is 2. The molecule has 0 spiro atoms. The van der Waals surface area contributed by atoms with Crippen molar-refractivity contribution in [3.05, 3.63) is 18.2 Å². The van der Waals surface area contributed by atoms with Gasteiger partial charge in [-0.05, 0) is 13.0 Å². The van der Waals surface area contributed by atoms with Crippen LogP contribution in [0.15, 0.2) is 12.4 Å². The predicted octanol–water partition coefficient (Wildman–Crippen LogP) is 0.487. The average Bonchev–Trinajstić information content (AvgIpc) is 2.59. The summed E-state index contributed by atoms with van der Waals surface area (Å²) in [5.74, 6) is 1.75. The zero-order valence-electron chi connectivity index (χ0n) is 5.80. The first kappa shape index (κ1) is 5.92. The number of H-pyrrole nitrogens is 1. The van der Waals surface area contributed by atoms with E-state index in [-0.39, 0.29) is 0 Å². The molecule has 1 aromatic heterocycles. The molecule has 1 aliphatic rings. The minimum Gasteiger partial charge on any atom is -0.348 e. The highest BCUT2D eigenvalue weighted by atomic mass is 15.0. The topological polar surface area (TPSA) is 40.7 Å². The third kappa shape index (κ3) is 0.926. The Hall–Kier alpha value is -0.830. The first-order valence-corrected chi connectivity index (χ1v) is 3.67. The van der Waals surface area contributed by atoms with Crippen LogP contribution < -0.4 is 5.32 Å². The molecule has 2 N–H and O–H groups in total. The molecule has 0 saturated carbocycles. The van der Waals surface area contributed by atoms with Crippen LogP contribution in [0.2, 0.25) is 0 Å². The van der Waals surface area contributed by atoms with Crippen LogP contribution in [0.25, 0.3) is 0 Å². The second-order valence-corrected chi connectivity index (χ2v) is 2.66. The van der Waals surface area contributed by atoms with Crippen molar-refractivity contribution in [3.8, 4) is 0 Å². The summed E-state index contributed by atoms with van der Waals surface area (Å²) in [6, 6.07) is 0. The van der Waals surface area contributed by atoms with Crippen molar-refractivity contribution in [1.82, 2.24) is 15.3 Å². The van der Waals surface area contributed by atoms with Crippen molar-refractivity contribution < 1.29 is 0 Å². The third-order valence-electron chi connectivity index (χ3n) is 1.97. The van der Waals surface area contributed by atoms with Gasteiger partial charge in [-0.3, -0.25) is 0 Å². The van der Waals surface area contributed by atoms with Gasteiger partial charge >= 0.3 is 0 Å². The summed E-state index contributed by atoms with van der Waals surface area (Å²) in [5.41, 5.74) is 0. The third-order valence-corrected chi connectivity index (χ3v) is 1.97. The zero-order valence-corrected chi connectivity index (χ0v) is 5.80. The largest absolute Gasteiger partial charge is 0.348 e. The number of rotatable bonds is 1. The summed E-state index contributed by atoms with van der Waals surface area (Å²) < 4.78 is 0. The predicted molar refractivity (Wildman–Crippen MR) is 38.8 cm³/mol. The molecule has 10 heavy (non-hydrogen) atoms.